The van der Waals surface area contributed by atoms with Gasteiger partial charge in [-0.3, -0.25) is 4.79 Å². The summed E-state index contributed by atoms with van der Waals surface area (Å²) in [5, 5.41) is 16.1. The van der Waals surface area contributed by atoms with Gasteiger partial charge < -0.3 is 9.52 Å². The zero-order valence-electron chi connectivity index (χ0n) is 10.6. The van der Waals surface area contributed by atoms with Gasteiger partial charge in [0.25, 0.3) is 0 Å². The average Bonchev–Trinajstić information content (AvgIpc) is 2.74. The first-order valence-electron chi connectivity index (χ1n) is 5.94. The molecule has 106 valence electrons. The zero-order chi connectivity index (χ0) is 14.7. The summed E-state index contributed by atoms with van der Waals surface area (Å²) in [7, 11) is 0. The van der Waals surface area contributed by atoms with Crippen molar-refractivity contribution in [2.24, 2.45) is 5.92 Å². The third-order valence-electron chi connectivity index (χ3n) is 2.62. The summed E-state index contributed by atoms with van der Waals surface area (Å²) in [6.07, 6.45) is 0.267. The highest BCUT2D eigenvalue weighted by Gasteiger charge is 2.15. The largest absolute Gasteiger partial charge is 0.481 e. The Kier molecular flexibility index (Phi) is 4.07. The third kappa shape index (κ3) is 3.59. The maximum absolute atomic E-state index is 13.1. The van der Waals surface area contributed by atoms with Gasteiger partial charge in [-0.15, -0.1) is 10.2 Å². The number of halogens is 2. The van der Waals surface area contributed by atoms with Gasteiger partial charge >= 0.3 is 5.97 Å². The Labute approximate surface area is 113 Å². The van der Waals surface area contributed by atoms with Gasteiger partial charge in [0.15, 0.2) is 0 Å². The SMILES string of the molecule is CC(CC(=O)O)Cc1nnc(-c2cc(F)cc(F)c2)o1. The molecule has 0 saturated carbocycles. The van der Waals surface area contributed by atoms with Crippen LogP contribution in [0.1, 0.15) is 19.2 Å². The van der Waals surface area contributed by atoms with E-state index in [4.69, 9.17) is 9.52 Å². The Morgan fingerprint density at radius 3 is 2.55 bits per heavy atom. The Morgan fingerprint density at radius 2 is 1.95 bits per heavy atom. The van der Waals surface area contributed by atoms with Crippen molar-refractivity contribution >= 4 is 5.97 Å². The van der Waals surface area contributed by atoms with Crippen LogP contribution in [-0.2, 0) is 11.2 Å². The minimum Gasteiger partial charge on any atom is -0.481 e. The molecule has 20 heavy (non-hydrogen) atoms. The number of hydrogen-bond acceptors (Lipinski definition) is 4. The number of carboxylic acids is 1. The Balaban J connectivity index is 2.14. The van der Waals surface area contributed by atoms with E-state index in [-0.39, 0.29) is 36.1 Å². The smallest absolute Gasteiger partial charge is 0.303 e. The standard InChI is InChI=1S/C13H12F2N2O3/c1-7(3-12(18)19)2-11-16-17-13(20-11)8-4-9(14)6-10(15)5-8/h4-7H,2-3H2,1H3,(H,18,19). The third-order valence-corrected chi connectivity index (χ3v) is 2.62. The molecule has 0 bridgehead atoms. The Morgan fingerprint density at radius 1 is 1.30 bits per heavy atom. The van der Waals surface area contributed by atoms with Gasteiger partial charge in [-0.2, -0.15) is 0 Å². The van der Waals surface area contributed by atoms with E-state index in [1.807, 2.05) is 0 Å². The topological polar surface area (TPSA) is 76.2 Å². The molecule has 1 atom stereocenters. The van der Waals surface area contributed by atoms with E-state index in [2.05, 4.69) is 10.2 Å². The predicted molar refractivity (Wildman–Crippen MR) is 64.8 cm³/mol. The van der Waals surface area contributed by atoms with Crippen LogP contribution in [0.2, 0.25) is 0 Å². The quantitative estimate of drug-likeness (QED) is 0.912. The van der Waals surface area contributed by atoms with E-state index in [0.717, 1.165) is 18.2 Å². The molecule has 1 N–H and O–H groups in total. The molecule has 0 saturated heterocycles. The van der Waals surface area contributed by atoms with Gasteiger partial charge in [-0.05, 0) is 18.1 Å². The van der Waals surface area contributed by atoms with Crippen molar-refractivity contribution < 1.29 is 23.1 Å². The Bertz CT molecular complexity index is 608. The number of rotatable bonds is 5. The summed E-state index contributed by atoms with van der Waals surface area (Å²) in [5.74, 6) is -2.33. The molecule has 0 radical (unpaired) electrons. The van der Waals surface area contributed by atoms with Gasteiger partial charge in [0.2, 0.25) is 11.8 Å². The fourth-order valence-corrected chi connectivity index (χ4v) is 1.80. The van der Waals surface area contributed by atoms with E-state index >= 15 is 0 Å². The lowest BCUT2D eigenvalue weighted by atomic mass is 10.0. The van der Waals surface area contributed by atoms with Crippen LogP contribution in [0, 0.1) is 17.6 Å². The molecule has 1 unspecified atom stereocenters. The molecule has 0 aliphatic heterocycles. The maximum Gasteiger partial charge on any atom is 0.303 e. The van der Waals surface area contributed by atoms with Gasteiger partial charge in [0.1, 0.15) is 11.6 Å². The van der Waals surface area contributed by atoms with Crippen LogP contribution >= 0.6 is 0 Å². The van der Waals surface area contributed by atoms with Crippen LogP contribution in [0.25, 0.3) is 11.5 Å². The first kappa shape index (κ1) is 14.1. The number of carbonyl (C=O) groups is 1. The minimum atomic E-state index is -0.913. The summed E-state index contributed by atoms with van der Waals surface area (Å²) in [6.45, 7) is 1.74. The highest BCUT2D eigenvalue weighted by Crippen LogP contribution is 2.21. The van der Waals surface area contributed by atoms with E-state index in [1.54, 1.807) is 6.92 Å². The molecule has 2 rings (SSSR count). The van der Waals surface area contributed by atoms with Crippen LogP contribution in [0.5, 0.6) is 0 Å². The maximum atomic E-state index is 13.1. The van der Waals surface area contributed by atoms with Crippen molar-refractivity contribution in [1.82, 2.24) is 10.2 Å². The first-order chi connectivity index (χ1) is 9.44. The number of nitrogens with zero attached hydrogens (tertiary/aromatic N) is 2. The van der Waals surface area contributed by atoms with Crippen LogP contribution < -0.4 is 0 Å². The zero-order valence-corrected chi connectivity index (χ0v) is 10.6. The molecule has 1 aromatic heterocycles. The summed E-state index contributed by atoms with van der Waals surface area (Å²) in [4.78, 5) is 10.6. The molecule has 5 nitrogen and oxygen atoms in total. The molecular formula is C13H12F2N2O3. The summed E-state index contributed by atoms with van der Waals surface area (Å²) >= 11 is 0. The highest BCUT2D eigenvalue weighted by atomic mass is 19.1. The minimum absolute atomic E-state index is 0.000856. The molecule has 1 aromatic carbocycles. The predicted octanol–water partition coefficient (Wildman–Crippen LogP) is 2.67. The lowest BCUT2D eigenvalue weighted by molar-refractivity contribution is -0.137. The molecule has 7 heteroatoms. The molecule has 1 heterocycles. The second-order valence-corrected chi connectivity index (χ2v) is 4.57. The molecule has 2 aromatic rings. The summed E-state index contributed by atoms with van der Waals surface area (Å²) in [6, 6.07) is 2.91. The lowest BCUT2D eigenvalue weighted by Crippen LogP contribution is -2.07. The highest BCUT2D eigenvalue weighted by molar-refractivity contribution is 5.66. The van der Waals surface area contributed by atoms with Crippen molar-refractivity contribution in [3.63, 3.8) is 0 Å². The molecule has 0 fully saturated rings. The number of hydrogen-bond donors (Lipinski definition) is 1. The van der Waals surface area contributed by atoms with Crippen molar-refractivity contribution in [1.29, 1.82) is 0 Å². The van der Waals surface area contributed by atoms with Crippen LogP contribution in [0.4, 0.5) is 8.78 Å². The van der Waals surface area contributed by atoms with Gasteiger partial charge in [0, 0.05) is 24.5 Å². The number of carboxylic acid groups (broad SMARTS) is 1. The summed E-state index contributed by atoms with van der Waals surface area (Å²) in [5.41, 5.74) is 0.145. The lowest BCUT2D eigenvalue weighted by Gasteiger charge is -2.03. The molecular weight excluding hydrogens is 270 g/mol. The fourth-order valence-electron chi connectivity index (χ4n) is 1.80. The Hall–Kier alpha value is -2.31. The average molecular weight is 282 g/mol. The van der Waals surface area contributed by atoms with Crippen LogP contribution in [-0.4, -0.2) is 21.3 Å². The fraction of sp³-hybridized carbons (Fsp3) is 0.308. The van der Waals surface area contributed by atoms with Crippen molar-refractivity contribution in [2.45, 2.75) is 19.8 Å². The van der Waals surface area contributed by atoms with Gasteiger partial charge in [-0.25, -0.2) is 8.78 Å². The van der Waals surface area contributed by atoms with E-state index < -0.39 is 17.6 Å². The van der Waals surface area contributed by atoms with E-state index in [9.17, 15) is 13.6 Å². The van der Waals surface area contributed by atoms with Crippen LogP contribution in [0.15, 0.2) is 22.6 Å². The number of aromatic nitrogens is 2. The van der Waals surface area contributed by atoms with E-state index in [0.29, 0.717) is 0 Å². The molecule has 0 aliphatic rings. The van der Waals surface area contributed by atoms with E-state index in [1.165, 1.54) is 0 Å². The summed E-state index contributed by atoms with van der Waals surface area (Å²) < 4.78 is 31.4. The van der Waals surface area contributed by atoms with Gasteiger partial charge in [0.05, 0.1) is 0 Å². The molecule has 0 aliphatic carbocycles. The van der Waals surface area contributed by atoms with Crippen molar-refractivity contribution in [3.05, 3.63) is 35.7 Å². The normalized spacial score (nSPS) is 12.3. The number of benzene rings is 1. The first-order valence-corrected chi connectivity index (χ1v) is 5.94. The molecule has 0 spiro atoms. The molecule has 0 amide bonds. The van der Waals surface area contributed by atoms with Gasteiger partial charge in [-0.1, -0.05) is 6.92 Å². The second kappa shape index (κ2) is 5.77. The number of aliphatic carboxylic acids is 1. The second-order valence-electron chi connectivity index (χ2n) is 4.57. The van der Waals surface area contributed by atoms with Crippen molar-refractivity contribution in [2.75, 3.05) is 0 Å². The van der Waals surface area contributed by atoms with Crippen LogP contribution in [0.3, 0.4) is 0 Å². The van der Waals surface area contributed by atoms with Crippen molar-refractivity contribution in [3.8, 4) is 11.5 Å². The monoisotopic (exact) mass is 282 g/mol.